The van der Waals surface area contributed by atoms with Gasteiger partial charge in [0.2, 0.25) is 0 Å². The van der Waals surface area contributed by atoms with E-state index in [0.29, 0.717) is 17.7 Å². The summed E-state index contributed by atoms with van der Waals surface area (Å²) in [5, 5.41) is 10.8. The van der Waals surface area contributed by atoms with Crippen LogP contribution in [0.3, 0.4) is 0 Å². The van der Waals surface area contributed by atoms with Crippen molar-refractivity contribution in [2.24, 2.45) is 0 Å². The Balaban J connectivity index is 2.52. The molecule has 6 heteroatoms. The molecule has 0 aliphatic carbocycles. The van der Waals surface area contributed by atoms with Crippen LogP contribution in [0.25, 0.3) is 0 Å². The monoisotopic (exact) mass is 251 g/mol. The second-order valence-electron chi connectivity index (χ2n) is 4.82. The van der Waals surface area contributed by atoms with Crippen molar-refractivity contribution in [1.82, 2.24) is 0 Å². The van der Waals surface area contributed by atoms with E-state index < -0.39 is 16.5 Å². The number of hydrogen-bond donors (Lipinski definition) is 0. The molecule has 1 aliphatic rings. The number of nitro benzene ring substituents is 1. The van der Waals surface area contributed by atoms with Gasteiger partial charge >= 0.3 is 5.97 Å². The SMILES string of the molecule is CC(=O)Oc1cc([N+](=O)[O-])cc2c1OC(C)(C)C2. The molecule has 0 N–H and O–H groups in total. The average Bonchev–Trinajstić information content (AvgIpc) is 2.51. The molecule has 1 aromatic carbocycles. The third-order valence-corrected chi connectivity index (χ3v) is 2.58. The molecule has 0 amide bonds. The topological polar surface area (TPSA) is 78.7 Å². The fraction of sp³-hybridized carbons (Fsp3) is 0.417. The molecule has 0 saturated carbocycles. The summed E-state index contributed by atoms with van der Waals surface area (Å²) in [4.78, 5) is 21.3. The predicted molar refractivity (Wildman–Crippen MR) is 62.8 cm³/mol. The summed E-state index contributed by atoms with van der Waals surface area (Å²) in [5.74, 6) is -0.0101. The minimum Gasteiger partial charge on any atom is -0.483 e. The molecule has 0 spiro atoms. The van der Waals surface area contributed by atoms with Crippen molar-refractivity contribution in [2.45, 2.75) is 32.8 Å². The molecule has 0 unspecified atom stereocenters. The molecule has 6 nitrogen and oxygen atoms in total. The zero-order valence-electron chi connectivity index (χ0n) is 10.4. The Kier molecular flexibility index (Phi) is 2.73. The van der Waals surface area contributed by atoms with Gasteiger partial charge in [-0.25, -0.2) is 0 Å². The van der Waals surface area contributed by atoms with Gasteiger partial charge in [-0.1, -0.05) is 0 Å². The number of rotatable bonds is 2. The molecule has 0 atom stereocenters. The highest BCUT2D eigenvalue weighted by Gasteiger charge is 2.34. The summed E-state index contributed by atoms with van der Waals surface area (Å²) in [5.41, 5.74) is 0.128. The number of nitro groups is 1. The number of hydrogen-bond acceptors (Lipinski definition) is 5. The summed E-state index contributed by atoms with van der Waals surface area (Å²) >= 11 is 0. The molecular weight excluding hydrogens is 238 g/mol. The third-order valence-electron chi connectivity index (χ3n) is 2.58. The zero-order valence-corrected chi connectivity index (χ0v) is 10.4. The Morgan fingerprint density at radius 3 is 2.72 bits per heavy atom. The summed E-state index contributed by atoms with van der Waals surface area (Å²) < 4.78 is 10.6. The highest BCUT2D eigenvalue weighted by molar-refractivity contribution is 5.72. The van der Waals surface area contributed by atoms with Crippen LogP contribution in [0.4, 0.5) is 5.69 Å². The van der Waals surface area contributed by atoms with Gasteiger partial charge in [-0.3, -0.25) is 14.9 Å². The maximum absolute atomic E-state index is 11.0. The summed E-state index contributed by atoms with van der Waals surface area (Å²) in [7, 11) is 0. The first-order valence-electron chi connectivity index (χ1n) is 5.47. The van der Waals surface area contributed by atoms with Crippen LogP contribution in [-0.4, -0.2) is 16.5 Å². The van der Waals surface area contributed by atoms with E-state index in [1.165, 1.54) is 19.1 Å². The van der Waals surface area contributed by atoms with Crippen LogP contribution < -0.4 is 9.47 Å². The Hall–Kier alpha value is -2.11. The molecule has 2 rings (SSSR count). The lowest BCUT2D eigenvalue weighted by Gasteiger charge is -2.17. The molecule has 0 bridgehead atoms. The fourth-order valence-electron chi connectivity index (χ4n) is 2.00. The molecule has 0 saturated heterocycles. The Morgan fingerprint density at radius 1 is 1.50 bits per heavy atom. The number of carbonyl (C=O) groups is 1. The van der Waals surface area contributed by atoms with Crippen LogP contribution >= 0.6 is 0 Å². The molecular formula is C12H13NO5. The quantitative estimate of drug-likeness (QED) is 0.348. The molecule has 0 fully saturated rings. The molecule has 0 radical (unpaired) electrons. The van der Waals surface area contributed by atoms with Crippen LogP contribution in [0.1, 0.15) is 26.3 Å². The number of non-ortho nitro benzene ring substituents is 1. The van der Waals surface area contributed by atoms with Crippen molar-refractivity contribution in [3.8, 4) is 11.5 Å². The number of fused-ring (bicyclic) bond motifs is 1. The predicted octanol–water partition coefficient (Wildman–Crippen LogP) is 2.23. The molecule has 1 aliphatic heterocycles. The number of ether oxygens (including phenoxy) is 2. The second kappa shape index (κ2) is 3.97. The number of carbonyl (C=O) groups excluding carboxylic acids is 1. The smallest absolute Gasteiger partial charge is 0.308 e. The molecule has 1 aromatic rings. The van der Waals surface area contributed by atoms with E-state index >= 15 is 0 Å². The number of nitrogens with zero attached hydrogens (tertiary/aromatic N) is 1. The van der Waals surface area contributed by atoms with Gasteiger partial charge in [-0.05, 0) is 13.8 Å². The van der Waals surface area contributed by atoms with E-state index in [1.54, 1.807) is 0 Å². The molecule has 96 valence electrons. The summed E-state index contributed by atoms with van der Waals surface area (Å²) in [6.45, 7) is 4.98. The standard InChI is InChI=1S/C12H13NO5/c1-7(14)17-10-5-9(13(15)16)4-8-6-12(2,3)18-11(8)10/h4-5H,6H2,1-3H3. The highest BCUT2D eigenvalue weighted by Crippen LogP contribution is 2.44. The van der Waals surface area contributed by atoms with Gasteiger partial charge < -0.3 is 9.47 Å². The van der Waals surface area contributed by atoms with Crippen LogP contribution in [0, 0.1) is 10.1 Å². The maximum Gasteiger partial charge on any atom is 0.308 e. The zero-order chi connectivity index (χ0) is 13.5. The first-order valence-corrected chi connectivity index (χ1v) is 5.47. The second-order valence-corrected chi connectivity index (χ2v) is 4.82. The molecule has 1 heterocycles. The first kappa shape index (κ1) is 12.3. The van der Waals surface area contributed by atoms with Crippen molar-refractivity contribution in [3.05, 3.63) is 27.8 Å². The van der Waals surface area contributed by atoms with Crippen LogP contribution in [0.2, 0.25) is 0 Å². The van der Waals surface area contributed by atoms with E-state index in [9.17, 15) is 14.9 Å². The van der Waals surface area contributed by atoms with Gasteiger partial charge in [0, 0.05) is 25.0 Å². The number of esters is 1. The van der Waals surface area contributed by atoms with Gasteiger partial charge in [-0.2, -0.15) is 0 Å². The normalized spacial score (nSPS) is 15.7. The third kappa shape index (κ3) is 2.27. The summed E-state index contributed by atoms with van der Waals surface area (Å²) in [6.07, 6.45) is 0.540. The average molecular weight is 251 g/mol. The lowest BCUT2D eigenvalue weighted by Crippen LogP contribution is -2.24. The van der Waals surface area contributed by atoms with Gasteiger partial charge in [0.05, 0.1) is 11.0 Å². The van der Waals surface area contributed by atoms with Crippen molar-refractivity contribution < 1.29 is 19.2 Å². The lowest BCUT2D eigenvalue weighted by atomic mass is 10.0. The van der Waals surface area contributed by atoms with E-state index in [0.717, 1.165) is 0 Å². The van der Waals surface area contributed by atoms with Gasteiger partial charge in [0.25, 0.3) is 5.69 Å². The lowest BCUT2D eigenvalue weighted by molar-refractivity contribution is -0.385. The van der Waals surface area contributed by atoms with Crippen LogP contribution in [0.5, 0.6) is 11.5 Å². The number of benzene rings is 1. The Bertz CT molecular complexity index is 536. The fourth-order valence-corrected chi connectivity index (χ4v) is 2.00. The van der Waals surface area contributed by atoms with Gasteiger partial charge in [0.1, 0.15) is 5.60 Å². The van der Waals surface area contributed by atoms with Crippen LogP contribution in [0.15, 0.2) is 12.1 Å². The largest absolute Gasteiger partial charge is 0.483 e. The van der Waals surface area contributed by atoms with E-state index in [4.69, 9.17) is 9.47 Å². The minimum atomic E-state index is -0.536. The van der Waals surface area contributed by atoms with Crippen molar-refractivity contribution >= 4 is 11.7 Å². The van der Waals surface area contributed by atoms with Crippen molar-refractivity contribution in [1.29, 1.82) is 0 Å². The maximum atomic E-state index is 11.0. The van der Waals surface area contributed by atoms with E-state index in [1.807, 2.05) is 13.8 Å². The Morgan fingerprint density at radius 2 is 2.17 bits per heavy atom. The summed E-state index contributed by atoms with van der Waals surface area (Å²) in [6, 6.07) is 2.67. The van der Waals surface area contributed by atoms with Crippen molar-refractivity contribution in [3.63, 3.8) is 0 Å². The first-order chi connectivity index (χ1) is 8.28. The van der Waals surface area contributed by atoms with Crippen molar-refractivity contribution in [2.75, 3.05) is 0 Å². The van der Waals surface area contributed by atoms with Gasteiger partial charge in [0.15, 0.2) is 11.5 Å². The van der Waals surface area contributed by atoms with Crippen LogP contribution in [-0.2, 0) is 11.2 Å². The molecule has 0 aromatic heterocycles. The molecule has 18 heavy (non-hydrogen) atoms. The Labute approximate surface area is 104 Å². The highest BCUT2D eigenvalue weighted by atomic mass is 16.6. The van der Waals surface area contributed by atoms with E-state index in [2.05, 4.69) is 0 Å². The van der Waals surface area contributed by atoms with Gasteiger partial charge in [-0.15, -0.1) is 0 Å². The minimum absolute atomic E-state index is 0.105. The van der Waals surface area contributed by atoms with E-state index in [-0.39, 0.29) is 11.4 Å².